The monoisotopic (exact) mass is 528 g/mol. The van der Waals surface area contributed by atoms with Crippen molar-refractivity contribution in [1.82, 2.24) is 9.21 Å². The minimum Gasteiger partial charge on any atom is -0.465 e. The van der Waals surface area contributed by atoms with Crippen LogP contribution in [0.25, 0.3) is 0 Å². The first-order valence-corrected chi connectivity index (χ1v) is 13.5. The van der Waals surface area contributed by atoms with Gasteiger partial charge in [-0.15, -0.1) is 0 Å². The van der Waals surface area contributed by atoms with Crippen molar-refractivity contribution in [1.29, 1.82) is 0 Å². The number of sulfonamides is 1. The highest BCUT2D eigenvalue weighted by Crippen LogP contribution is 2.27. The topological polar surface area (TPSA) is 98.2 Å². The van der Waals surface area contributed by atoms with Crippen LogP contribution in [0, 0.1) is 11.7 Å². The number of carboxylic acid groups (broad SMARTS) is 1. The van der Waals surface area contributed by atoms with Crippen molar-refractivity contribution in [2.24, 2.45) is 5.92 Å². The van der Waals surface area contributed by atoms with Gasteiger partial charge in [-0.05, 0) is 41.3 Å². The van der Waals surface area contributed by atoms with E-state index in [0.29, 0.717) is 11.1 Å². The zero-order valence-electron chi connectivity index (χ0n) is 21.0. The molecular formula is C28H33FN2O5S. The number of amides is 1. The molecule has 1 amide bonds. The summed E-state index contributed by atoms with van der Waals surface area (Å²) in [4.78, 5) is 13.3. The zero-order valence-corrected chi connectivity index (χ0v) is 21.8. The van der Waals surface area contributed by atoms with E-state index in [1.807, 2.05) is 26.0 Å². The van der Waals surface area contributed by atoms with Gasteiger partial charge in [0.15, 0.2) is 0 Å². The van der Waals surface area contributed by atoms with Gasteiger partial charge >= 0.3 is 6.09 Å². The Labute approximate surface area is 217 Å². The summed E-state index contributed by atoms with van der Waals surface area (Å²) in [6.07, 6.45) is -1.52. The number of rotatable bonds is 12. The van der Waals surface area contributed by atoms with Crippen molar-refractivity contribution in [2.45, 2.75) is 43.9 Å². The average molecular weight is 529 g/mol. The summed E-state index contributed by atoms with van der Waals surface area (Å²) in [5, 5.41) is 22.0. The van der Waals surface area contributed by atoms with E-state index in [0.717, 1.165) is 17.0 Å². The highest BCUT2D eigenvalue weighted by molar-refractivity contribution is 7.89. The van der Waals surface area contributed by atoms with Crippen LogP contribution in [0.4, 0.5) is 9.18 Å². The Morgan fingerprint density at radius 1 is 0.919 bits per heavy atom. The van der Waals surface area contributed by atoms with Gasteiger partial charge < -0.3 is 10.2 Å². The fourth-order valence-corrected chi connectivity index (χ4v) is 5.78. The van der Waals surface area contributed by atoms with E-state index in [1.54, 1.807) is 48.5 Å². The van der Waals surface area contributed by atoms with Crippen LogP contribution >= 0.6 is 0 Å². The van der Waals surface area contributed by atoms with Gasteiger partial charge in [0.05, 0.1) is 11.4 Å². The second-order valence-electron chi connectivity index (χ2n) is 9.46. The number of hydrogen-bond acceptors (Lipinski definition) is 4. The molecule has 7 nitrogen and oxygen atoms in total. The minimum atomic E-state index is -4.02. The third-order valence-electron chi connectivity index (χ3n) is 6.03. The zero-order chi connectivity index (χ0) is 27.1. The molecule has 0 spiro atoms. The molecule has 198 valence electrons. The number of benzene rings is 3. The van der Waals surface area contributed by atoms with Crippen molar-refractivity contribution in [3.63, 3.8) is 0 Å². The van der Waals surface area contributed by atoms with Gasteiger partial charge in [-0.1, -0.05) is 74.5 Å². The second kappa shape index (κ2) is 12.3. The van der Waals surface area contributed by atoms with Crippen LogP contribution in [0.15, 0.2) is 89.8 Å². The first kappa shape index (κ1) is 28.3. The van der Waals surface area contributed by atoms with Crippen LogP contribution < -0.4 is 0 Å². The summed E-state index contributed by atoms with van der Waals surface area (Å²) in [7, 11) is -4.02. The molecule has 0 saturated heterocycles. The van der Waals surface area contributed by atoms with Crippen molar-refractivity contribution in [3.05, 3.63) is 102 Å². The van der Waals surface area contributed by atoms with E-state index in [1.165, 1.54) is 16.4 Å². The van der Waals surface area contributed by atoms with Gasteiger partial charge in [0.1, 0.15) is 11.5 Å². The Balaban J connectivity index is 1.96. The first-order valence-electron chi connectivity index (χ1n) is 12.1. The molecule has 0 aromatic heterocycles. The Kier molecular flexibility index (Phi) is 9.42. The highest BCUT2D eigenvalue weighted by Gasteiger charge is 2.39. The molecule has 37 heavy (non-hydrogen) atoms. The SMILES string of the molecule is CC(C)CN(CCC(O)(Cc1ccccc1)N(Cc1ccccc1)C(=O)O)S(=O)(=O)c1ccc(F)cc1. The summed E-state index contributed by atoms with van der Waals surface area (Å²) in [5.41, 5.74) is -0.508. The second-order valence-corrected chi connectivity index (χ2v) is 11.4. The predicted octanol–water partition coefficient (Wildman–Crippen LogP) is 4.97. The predicted molar refractivity (Wildman–Crippen MR) is 140 cm³/mol. The molecule has 1 unspecified atom stereocenters. The summed E-state index contributed by atoms with van der Waals surface area (Å²) in [6, 6.07) is 22.5. The van der Waals surface area contributed by atoms with Crippen molar-refractivity contribution in [3.8, 4) is 0 Å². The number of hydrogen-bond donors (Lipinski definition) is 2. The maximum absolute atomic E-state index is 13.4. The maximum Gasteiger partial charge on any atom is 0.409 e. The molecule has 0 aliphatic heterocycles. The van der Waals surface area contributed by atoms with Crippen molar-refractivity contribution >= 4 is 16.1 Å². The summed E-state index contributed by atoms with van der Waals surface area (Å²) in [6.45, 7) is 3.66. The lowest BCUT2D eigenvalue weighted by Crippen LogP contribution is -2.54. The standard InChI is InChI=1S/C28H33FN2O5S/c1-22(2)20-30(37(35,36)26-15-13-25(29)14-16-26)18-17-28(34,19-23-9-5-3-6-10-23)31(27(32)33)21-24-11-7-4-8-12-24/h3-16,22,34H,17-21H2,1-2H3,(H,32,33). The summed E-state index contributed by atoms with van der Waals surface area (Å²) < 4.78 is 41.5. The number of nitrogens with zero attached hydrogens (tertiary/aromatic N) is 2. The normalized spacial score (nSPS) is 13.5. The summed E-state index contributed by atoms with van der Waals surface area (Å²) in [5.74, 6) is -0.595. The highest BCUT2D eigenvalue weighted by atomic mass is 32.2. The van der Waals surface area contributed by atoms with Gasteiger partial charge in [0, 0.05) is 25.9 Å². The molecule has 2 N–H and O–H groups in total. The molecule has 3 aromatic carbocycles. The van der Waals surface area contributed by atoms with Crippen LogP contribution in [0.2, 0.25) is 0 Å². The van der Waals surface area contributed by atoms with Gasteiger partial charge in [-0.3, -0.25) is 4.90 Å². The van der Waals surface area contributed by atoms with E-state index in [4.69, 9.17) is 0 Å². The molecule has 0 radical (unpaired) electrons. The molecule has 0 bridgehead atoms. The lowest BCUT2D eigenvalue weighted by molar-refractivity contribution is -0.103. The van der Waals surface area contributed by atoms with Gasteiger partial charge in [-0.2, -0.15) is 4.31 Å². The average Bonchev–Trinajstić information content (AvgIpc) is 2.86. The molecule has 9 heteroatoms. The fraction of sp³-hybridized carbons (Fsp3) is 0.321. The van der Waals surface area contributed by atoms with Crippen LogP contribution in [0.5, 0.6) is 0 Å². The van der Waals surface area contributed by atoms with Gasteiger partial charge in [0.25, 0.3) is 0 Å². The van der Waals surface area contributed by atoms with Crippen LogP contribution in [-0.2, 0) is 23.0 Å². The van der Waals surface area contributed by atoms with E-state index >= 15 is 0 Å². The quantitative estimate of drug-likeness (QED) is 0.323. The summed E-state index contributed by atoms with van der Waals surface area (Å²) >= 11 is 0. The largest absolute Gasteiger partial charge is 0.465 e. The third kappa shape index (κ3) is 7.61. The molecule has 3 rings (SSSR count). The Morgan fingerprint density at radius 3 is 1.97 bits per heavy atom. The fourth-order valence-electron chi connectivity index (χ4n) is 4.18. The van der Waals surface area contributed by atoms with E-state index in [-0.39, 0.29) is 43.3 Å². The molecule has 0 aliphatic rings. The van der Waals surface area contributed by atoms with Gasteiger partial charge in [-0.25, -0.2) is 17.6 Å². The number of aliphatic hydroxyl groups is 1. The third-order valence-corrected chi connectivity index (χ3v) is 7.91. The Hall–Kier alpha value is -3.27. The number of carbonyl (C=O) groups is 1. The van der Waals surface area contributed by atoms with Crippen LogP contribution in [0.3, 0.4) is 0 Å². The van der Waals surface area contributed by atoms with E-state index in [9.17, 15) is 27.8 Å². The van der Waals surface area contributed by atoms with Crippen LogP contribution in [-0.4, -0.2) is 52.7 Å². The molecule has 0 fully saturated rings. The van der Waals surface area contributed by atoms with Crippen molar-refractivity contribution in [2.75, 3.05) is 13.1 Å². The molecule has 3 aromatic rings. The molecule has 0 saturated carbocycles. The Bertz CT molecular complexity index is 1250. The molecule has 1 atom stereocenters. The maximum atomic E-state index is 13.4. The lowest BCUT2D eigenvalue weighted by Gasteiger charge is -2.39. The Morgan fingerprint density at radius 2 is 1.46 bits per heavy atom. The number of halogens is 1. The molecule has 0 heterocycles. The molecule has 0 aliphatic carbocycles. The molecular weight excluding hydrogens is 495 g/mol. The van der Waals surface area contributed by atoms with E-state index in [2.05, 4.69) is 0 Å². The van der Waals surface area contributed by atoms with E-state index < -0.39 is 27.7 Å². The first-order chi connectivity index (χ1) is 17.5. The minimum absolute atomic E-state index is 0.0287. The lowest BCUT2D eigenvalue weighted by atomic mass is 9.96. The smallest absolute Gasteiger partial charge is 0.409 e. The van der Waals surface area contributed by atoms with Gasteiger partial charge in [0.2, 0.25) is 10.0 Å². The van der Waals surface area contributed by atoms with Crippen molar-refractivity contribution < 1.29 is 27.8 Å². The van der Waals surface area contributed by atoms with Crippen LogP contribution in [0.1, 0.15) is 31.4 Å².